The van der Waals surface area contributed by atoms with Crippen molar-refractivity contribution in [1.29, 1.82) is 0 Å². The van der Waals surface area contributed by atoms with Crippen LogP contribution in [-0.2, 0) is 4.79 Å². The molecule has 2 amide bonds. The molecule has 3 N–H and O–H groups in total. The molecule has 0 radical (unpaired) electrons. The molecule has 0 spiro atoms. The number of hydrogen-bond acceptors (Lipinski definition) is 2. The zero-order valence-electron chi connectivity index (χ0n) is 9.82. The van der Waals surface area contributed by atoms with Crippen LogP contribution in [-0.4, -0.2) is 29.7 Å². The van der Waals surface area contributed by atoms with Gasteiger partial charge in [0.25, 0.3) is 0 Å². The van der Waals surface area contributed by atoms with Crippen molar-refractivity contribution in [3.8, 4) is 0 Å². The van der Waals surface area contributed by atoms with E-state index in [4.69, 9.17) is 5.11 Å². The SMILES string of the molecule is CC(C)[C@@H]1C[C@H]1NC(=O)NCCCC(=O)O. The molecule has 5 nitrogen and oxygen atoms in total. The highest BCUT2D eigenvalue weighted by Crippen LogP contribution is 2.36. The van der Waals surface area contributed by atoms with Crippen molar-refractivity contribution in [3.05, 3.63) is 0 Å². The summed E-state index contributed by atoms with van der Waals surface area (Å²) in [5.74, 6) is 0.381. The number of aliphatic carboxylic acids is 1. The van der Waals surface area contributed by atoms with E-state index in [9.17, 15) is 9.59 Å². The molecule has 0 aliphatic heterocycles. The molecular formula is C11H20N2O3. The van der Waals surface area contributed by atoms with Crippen LogP contribution < -0.4 is 10.6 Å². The van der Waals surface area contributed by atoms with Crippen molar-refractivity contribution in [1.82, 2.24) is 10.6 Å². The molecule has 1 fully saturated rings. The summed E-state index contributed by atoms with van der Waals surface area (Å²) in [6.07, 6.45) is 1.62. The number of carboxylic acids is 1. The number of hydrogen-bond donors (Lipinski definition) is 3. The molecule has 1 aliphatic carbocycles. The van der Waals surface area contributed by atoms with E-state index in [0.717, 1.165) is 6.42 Å². The second-order valence-corrected chi connectivity index (χ2v) is 4.65. The van der Waals surface area contributed by atoms with Gasteiger partial charge in [0, 0.05) is 19.0 Å². The lowest BCUT2D eigenvalue weighted by Crippen LogP contribution is -2.38. The van der Waals surface area contributed by atoms with E-state index >= 15 is 0 Å². The number of carbonyl (C=O) groups is 2. The van der Waals surface area contributed by atoms with Crippen LogP contribution in [0.4, 0.5) is 4.79 Å². The normalized spacial score (nSPS) is 22.9. The van der Waals surface area contributed by atoms with E-state index in [0.29, 0.717) is 30.8 Å². The average Bonchev–Trinajstić information content (AvgIpc) is 2.91. The monoisotopic (exact) mass is 228 g/mol. The molecule has 5 heteroatoms. The standard InChI is InChI=1S/C11H20N2O3/c1-7(2)8-6-9(8)13-11(16)12-5-3-4-10(14)15/h7-9H,3-6H2,1-2H3,(H,14,15)(H2,12,13,16)/t8-,9+/m0/s1. The molecule has 0 heterocycles. The number of carboxylic acid groups (broad SMARTS) is 1. The van der Waals surface area contributed by atoms with E-state index in [1.54, 1.807) is 0 Å². The smallest absolute Gasteiger partial charge is 0.315 e. The summed E-state index contributed by atoms with van der Waals surface area (Å²) in [6.45, 7) is 4.71. The molecule has 0 bridgehead atoms. The first-order valence-electron chi connectivity index (χ1n) is 5.77. The fourth-order valence-electron chi connectivity index (χ4n) is 1.78. The van der Waals surface area contributed by atoms with Gasteiger partial charge in [-0.05, 0) is 24.7 Å². The molecule has 0 aromatic carbocycles. The predicted octanol–water partition coefficient (Wildman–Crippen LogP) is 1.19. The molecule has 1 rings (SSSR count). The maximum absolute atomic E-state index is 11.3. The predicted molar refractivity (Wildman–Crippen MR) is 60.1 cm³/mol. The molecule has 0 unspecified atom stereocenters. The van der Waals surface area contributed by atoms with Crippen LogP contribution >= 0.6 is 0 Å². The second kappa shape index (κ2) is 5.72. The number of rotatable bonds is 6. The van der Waals surface area contributed by atoms with Gasteiger partial charge in [0.05, 0.1) is 0 Å². The summed E-state index contributed by atoms with van der Waals surface area (Å²) in [5, 5.41) is 13.9. The van der Waals surface area contributed by atoms with Gasteiger partial charge in [-0.1, -0.05) is 13.8 Å². The van der Waals surface area contributed by atoms with Gasteiger partial charge < -0.3 is 15.7 Å². The summed E-state index contributed by atoms with van der Waals surface area (Å²) in [6, 6.07) is 0.123. The zero-order valence-corrected chi connectivity index (χ0v) is 9.82. The largest absolute Gasteiger partial charge is 0.481 e. The van der Waals surface area contributed by atoms with Gasteiger partial charge in [0.2, 0.25) is 0 Å². The number of urea groups is 1. The van der Waals surface area contributed by atoms with Crippen LogP contribution in [0, 0.1) is 11.8 Å². The van der Waals surface area contributed by atoms with Crippen LogP contribution in [0.5, 0.6) is 0 Å². The van der Waals surface area contributed by atoms with Gasteiger partial charge >= 0.3 is 12.0 Å². The highest BCUT2D eigenvalue weighted by Gasteiger charge is 2.40. The van der Waals surface area contributed by atoms with Crippen LogP contribution in [0.3, 0.4) is 0 Å². The fourth-order valence-corrected chi connectivity index (χ4v) is 1.78. The Morgan fingerprint density at radius 3 is 2.62 bits per heavy atom. The first kappa shape index (κ1) is 12.8. The van der Waals surface area contributed by atoms with E-state index in [1.807, 2.05) is 0 Å². The van der Waals surface area contributed by atoms with Gasteiger partial charge in [-0.15, -0.1) is 0 Å². The molecule has 1 aliphatic rings. The Hall–Kier alpha value is -1.26. The van der Waals surface area contributed by atoms with Gasteiger partial charge in [0.1, 0.15) is 0 Å². The van der Waals surface area contributed by atoms with E-state index < -0.39 is 5.97 Å². The molecule has 16 heavy (non-hydrogen) atoms. The Kier molecular flexibility index (Phi) is 4.58. The first-order chi connectivity index (χ1) is 7.50. The average molecular weight is 228 g/mol. The van der Waals surface area contributed by atoms with Crippen LogP contribution in [0.25, 0.3) is 0 Å². The summed E-state index contributed by atoms with van der Waals surface area (Å²) in [7, 11) is 0. The van der Waals surface area contributed by atoms with Crippen molar-refractivity contribution in [2.75, 3.05) is 6.54 Å². The van der Waals surface area contributed by atoms with Crippen molar-refractivity contribution in [2.45, 2.75) is 39.2 Å². The van der Waals surface area contributed by atoms with Crippen molar-refractivity contribution >= 4 is 12.0 Å². The Balaban J connectivity index is 2.02. The van der Waals surface area contributed by atoms with E-state index in [1.165, 1.54) is 0 Å². The third-order valence-corrected chi connectivity index (χ3v) is 2.87. The topological polar surface area (TPSA) is 78.4 Å². The number of amides is 2. The van der Waals surface area contributed by atoms with Crippen LogP contribution in [0.1, 0.15) is 33.1 Å². The van der Waals surface area contributed by atoms with E-state index in [2.05, 4.69) is 24.5 Å². The first-order valence-corrected chi connectivity index (χ1v) is 5.77. The van der Waals surface area contributed by atoms with Crippen molar-refractivity contribution < 1.29 is 14.7 Å². The lowest BCUT2D eigenvalue weighted by atomic mass is 10.1. The van der Waals surface area contributed by atoms with Gasteiger partial charge in [-0.2, -0.15) is 0 Å². The zero-order chi connectivity index (χ0) is 12.1. The van der Waals surface area contributed by atoms with Crippen molar-refractivity contribution in [2.24, 2.45) is 11.8 Å². The summed E-state index contributed by atoms with van der Waals surface area (Å²) < 4.78 is 0. The van der Waals surface area contributed by atoms with Gasteiger partial charge in [-0.25, -0.2) is 4.79 Å². The Labute approximate surface area is 95.6 Å². The van der Waals surface area contributed by atoms with Crippen molar-refractivity contribution in [3.63, 3.8) is 0 Å². The molecular weight excluding hydrogens is 208 g/mol. The lowest BCUT2D eigenvalue weighted by Gasteiger charge is -2.07. The minimum absolute atomic E-state index is 0.0956. The highest BCUT2D eigenvalue weighted by molar-refractivity contribution is 5.74. The summed E-state index contributed by atoms with van der Waals surface area (Å²) in [5.41, 5.74) is 0. The third-order valence-electron chi connectivity index (χ3n) is 2.87. The Morgan fingerprint density at radius 1 is 1.44 bits per heavy atom. The minimum Gasteiger partial charge on any atom is -0.481 e. The molecule has 92 valence electrons. The lowest BCUT2D eigenvalue weighted by molar-refractivity contribution is -0.137. The number of carbonyl (C=O) groups excluding carboxylic acids is 1. The second-order valence-electron chi connectivity index (χ2n) is 4.65. The summed E-state index contributed by atoms with van der Waals surface area (Å²) in [4.78, 5) is 21.6. The molecule has 2 atom stereocenters. The maximum Gasteiger partial charge on any atom is 0.315 e. The minimum atomic E-state index is -0.829. The Bertz CT molecular complexity index is 266. The highest BCUT2D eigenvalue weighted by atomic mass is 16.4. The Morgan fingerprint density at radius 2 is 2.12 bits per heavy atom. The molecule has 0 aromatic heterocycles. The van der Waals surface area contributed by atoms with Gasteiger partial charge in [-0.3, -0.25) is 4.79 Å². The van der Waals surface area contributed by atoms with Gasteiger partial charge in [0.15, 0.2) is 0 Å². The fraction of sp³-hybridized carbons (Fsp3) is 0.818. The van der Waals surface area contributed by atoms with Crippen LogP contribution in [0.2, 0.25) is 0 Å². The third kappa shape index (κ3) is 4.51. The summed E-state index contributed by atoms with van der Waals surface area (Å²) >= 11 is 0. The quantitative estimate of drug-likeness (QED) is 0.598. The number of nitrogens with one attached hydrogen (secondary N) is 2. The van der Waals surface area contributed by atoms with E-state index in [-0.39, 0.29) is 12.5 Å². The van der Waals surface area contributed by atoms with Crippen LogP contribution in [0.15, 0.2) is 0 Å². The maximum atomic E-state index is 11.3. The molecule has 0 saturated heterocycles. The molecule has 1 saturated carbocycles. The molecule has 0 aromatic rings.